The zero-order valence-electron chi connectivity index (χ0n) is 16.1. The van der Waals surface area contributed by atoms with Crippen molar-refractivity contribution in [3.8, 4) is 11.5 Å². The summed E-state index contributed by atoms with van der Waals surface area (Å²) in [6.45, 7) is 0. The predicted molar refractivity (Wildman–Crippen MR) is 113 cm³/mol. The number of benzene rings is 2. The maximum Gasteiger partial charge on any atom is 0.314 e. The van der Waals surface area contributed by atoms with E-state index in [1.807, 2.05) is 61.0 Å². The molecule has 2 aromatic rings. The van der Waals surface area contributed by atoms with Crippen LogP contribution in [0.2, 0.25) is 0 Å². The van der Waals surface area contributed by atoms with Crippen LogP contribution in [0.15, 0.2) is 58.3 Å². The molecule has 0 heterocycles. The van der Waals surface area contributed by atoms with E-state index in [4.69, 9.17) is 9.47 Å². The quantitative estimate of drug-likeness (QED) is 0.355. The summed E-state index contributed by atoms with van der Waals surface area (Å²) < 4.78 is 11.0. The van der Waals surface area contributed by atoms with E-state index < -0.39 is 0 Å². The average molecular weight is 417 g/mol. The van der Waals surface area contributed by atoms with E-state index in [-0.39, 0.29) is 23.8 Å². The van der Waals surface area contributed by atoms with Crippen molar-refractivity contribution in [2.24, 2.45) is 11.8 Å². The number of carbonyl (C=O) groups excluding carboxylic acids is 2. The molecule has 1 saturated carbocycles. The molecule has 1 aliphatic carbocycles. The lowest BCUT2D eigenvalue weighted by atomic mass is 9.82. The molecule has 0 aliphatic heterocycles. The molecule has 3 rings (SSSR count). The first-order chi connectivity index (χ1) is 13.6. The molecule has 0 saturated heterocycles. The number of ether oxygens (including phenoxy) is 2. The van der Waals surface area contributed by atoms with E-state index in [0.717, 1.165) is 9.79 Å². The Bertz CT molecular complexity index is 725. The van der Waals surface area contributed by atoms with Crippen molar-refractivity contribution in [3.63, 3.8) is 0 Å². The first-order valence-electron chi connectivity index (χ1n) is 9.30. The standard InChI is InChI=1S/C22H24O4S2/c1-27-19-11-7-17(8-12-19)25-21(23)15-3-5-16(6-4-15)22(24)26-18-9-13-20(28-2)14-10-18/h7-16H,3-6H2,1-2H3. The Labute approximate surface area is 174 Å². The topological polar surface area (TPSA) is 52.6 Å². The maximum atomic E-state index is 12.4. The fourth-order valence-corrected chi connectivity index (χ4v) is 4.07. The van der Waals surface area contributed by atoms with Gasteiger partial charge in [0.15, 0.2) is 0 Å². The van der Waals surface area contributed by atoms with E-state index in [2.05, 4.69) is 0 Å². The third-order valence-electron chi connectivity index (χ3n) is 4.95. The van der Waals surface area contributed by atoms with Gasteiger partial charge in [-0.3, -0.25) is 9.59 Å². The van der Waals surface area contributed by atoms with Gasteiger partial charge in [0.25, 0.3) is 0 Å². The molecule has 148 valence electrons. The van der Waals surface area contributed by atoms with Gasteiger partial charge in [-0.1, -0.05) is 0 Å². The Hall–Kier alpha value is -1.92. The zero-order chi connectivity index (χ0) is 19.9. The molecular weight excluding hydrogens is 392 g/mol. The van der Waals surface area contributed by atoms with Crippen molar-refractivity contribution in [2.45, 2.75) is 35.5 Å². The summed E-state index contributed by atoms with van der Waals surface area (Å²) in [6.07, 6.45) is 6.59. The molecule has 0 spiro atoms. The Balaban J connectivity index is 1.47. The van der Waals surface area contributed by atoms with Crippen LogP contribution < -0.4 is 9.47 Å². The number of hydrogen-bond donors (Lipinski definition) is 0. The van der Waals surface area contributed by atoms with Gasteiger partial charge in [0, 0.05) is 9.79 Å². The van der Waals surface area contributed by atoms with Gasteiger partial charge in [-0.2, -0.15) is 0 Å². The lowest BCUT2D eigenvalue weighted by Crippen LogP contribution is -2.30. The minimum Gasteiger partial charge on any atom is -0.426 e. The summed E-state index contributed by atoms with van der Waals surface area (Å²) in [5.41, 5.74) is 0. The van der Waals surface area contributed by atoms with Gasteiger partial charge in [0.1, 0.15) is 11.5 Å². The summed E-state index contributed by atoms with van der Waals surface area (Å²) in [4.78, 5) is 27.1. The molecule has 0 N–H and O–H groups in total. The maximum absolute atomic E-state index is 12.4. The number of carbonyl (C=O) groups is 2. The third kappa shape index (κ3) is 5.55. The van der Waals surface area contributed by atoms with Crippen molar-refractivity contribution in [1.82, 2.24) is 0 Å². The highest BCUT2D eigenvalue weighted by molar-refractivity contribution is 7.98. The molecule has 0 atom stereocenters. The lowest BCUT2D eigenvalue weighted by Gasteiger charge is -2.25. The Kier molecular flexibility index (Phi) is 7.45. The predicted octanol–water partition coefficient (Wildman–Crippen LogP) is 5.45. The molecular formula is C22H24O4S2. The van der Waals surface area contributed by atoms with Gasteiger partial charge in [0.05, 0.1) is 11.8 Å². The van der Waals surface area contributed by atoms with Gasteiger partial charge in [-0.05, 0) is 86.7 Å². The first kappa shape index (κ1) is 20.8. The number of hydrogen-bond acceptors (Lipinski definition) is 6. The third-order valence-corrected chi connectivity index (χ3v) is 6.44. The van der Waals surface area contributed by atoms with Gasteiger partial charge in [0.2, 0.25) is 0 Å². The van der Waals surface area contributed by atoms with Crippen molar-refractivity contribution in [1.29, 1.82) is 0 Å². The van der Waals surface area contributed by atoms with Crippen LogP contribution in [-0.4, -0.2) is 24.5 Å². The van der Waals surface area contributed by atoms with E-state index in [1.165, 1.54) is 0 Å². The average Bonchev–Trinajstić information content (AvgIpc) is 2.75. The van der Waals surface area contributed by atoms with Crippen LogP contribution in [0.3, 0.4) is 0 Å². The Morgan fingerprint density at radius 2 is 1.00 bits per heavy atom. The molecule has 0 radical (unpaired) electrons. The van der Waals surface area contributed by atoms with Crippen molar-refractivity contribution in [3.05, 3.63) is 48.5 Å². The highest BCUT2D eigenvalue weighted by Crippen LogP contribution is 2.32. The minimum atomic E-state index is -0.212. The molecule has 28 heavy (non-hydrogen) atoms. The smallest absolute Gasteiger partial charge is 0.314 e. The summed E-state index contributed by atoms with van der Waals surface area (Å²) >= 11 is 3.29. The summed E-state index contributed by atoms with van der Waals surface area (Å²) in [7, 11) is 0. The van der Waals surface area contributed by atoms with Crippen LogP contribution in [0.25, 0.3) is 0 Å². The highest BCUT2D eigenvalue weighted by atomic mass is 32.2. The SMILES string of the molecule is CSc1ccc(OC(=O)C2CCC(C(=O)Oc3ccc(SC)cc3)CC2)cc1. The molecule has 0 aromatic heterocycles. The second-order valence-corrected chi connectivity index (χ2v) is 8.50. The fraction of sp³-hybridized carbons (Fsp3) is 0.364. The number of esters is 2. The van der Waals surface area contributed by atoms with E-state index >= 15 is 0 Å². The van der Waals surface area contributed by atoms with Gasteiger partial charge < -0.3 is 9.47 Å². The molecule has 0 bridgehead atoms. The molecule has 1 aliphatic rings. The fourth-order valence-electron chi connectivity index (χ4n) is 3.25. The first-order valence-corrected chi connectivity index (χ1v) is 11.8. The normalized spacial score (nSPS) is 19.1. The second kappa shape index (κ2) is 10.0. The van der Waals surface area contributed by atoms with Gasteiger partial charge in [-0.25, -0.2) is 0 Å². The molecule has 0 unspecified atom stereocenters. The molecule has 6 heteroatoms. The summed E-state index contributed by atoms with van der Waals surface area (Å²) in [5.74, 6) is 0.388. The Morgan fingerprint density at radius 3 is 1.29 bits per heavy atom. The van der Waals surface area contributed by atoms with Crippen LogP contribution in [0, 0.1) is 11.8 Å². The summed E-state index contributed by atoms with van der Waals surface area (Å²) in [6, 6.07) is 15.0. The van der Waals surface area contributed by atoms with Crippen LogP contribution in [-0.2, 0) is 9.59 Å². The van der Waals surface area contributed by atoms with E-state index in [0.29, 0.717) is 37.2 Å². The Morgan fingerprint density at radius 1 is 0.679 bits per heavy atom. The lowest BCUT2D eigenvalue weighted by molar-refractivity contribution is -0.145. The number of rotatable bonds is 6. The van der Waals surface area contributed by atoms with Gasteiger partial charge in [-0.15, -0.1) is 23.5 Å². The van der Waals surface area contributed by atoms with Crippen molar-refractivity contribution < 1.29 is 19.1 Å². The molecule has 2 aromatic carbocycles. The van der Waals surface area contributed by atoms with Crippen LogP contribution in [0.4, 0.5) is 0 Å². The van der Waals surface area contributed by atoms with Crippen molar-refractivity contribution >= 4 is 35.5 Å². The monoisotopic (exact) mass is 416 g/mol. The zero-order valence-corrected chi connectivity index (χ0v) is 17.7. The second-order valence-electron chi connectivity index (χ2n) is 6.74. The van der Waals surface area contributed by atoms with Crippen molar-refractivity contribution in [2.75, 3.05) is 12.5 Å². The van der Waals surface area contributed by atoms with E-state index in [9.17, 15) is 9.59 Å². The minimum absolute atomic E-state index is 0.162. The molecule has 4 nitrogen and oxygen atoms in total. The van der Waals surface area contributed by atoms with Gasteiger partial charge >= 0.3 is 11.9 Å². The highest BCUT2D eigenvalue weighted by Gasteiger charge is 2.32. The van der Waals surface area contributed by atoms with Crippen LogP contribution in [0.5, 0.6) is 11.5 Å². The van der Waals surface area contributed by atoms with Crippen LogP contribution in [0.1, 0.15) is 25.7 Å². The largest absolute Gasteiger partial charge is 0.426 e. The number of thioether (sulfide) groups is 2. The van der Waals surface area contributed by atoms with Crippen LogP contribution >= 0.6 is 23.5 Å². The molecule has 0 amide bonds. The molecule has 1 fully saturated rings. The summed E-state index contributed by atoms with van der Waals surface area (Å²) in [5, 5.41) is 0. The van der Waals surface area contributed by atoms with E-state index in [1.54, 1.807) is 23.5 Å².